The molecule has 0 aromatic rings. The van der Waals surface area contributed by atoms with E-state index >= 15 is 0 Å². The highest BCUT2D eigenvalue weighted by Crippen LogP contribution is 2.24. The fourth-order valence-electron chi connectivity index (χ4n) is 3.58. The summed E-state index contributed by atoms with van der Waals surface area (Å²) in [5.41, 5.74) is 0. The van der Waals surface area contributed by atoms with Crippen molar-refractivity contribution in [1.29, 1.82) is 0 Å². The van der Waals surface area contributed by atoms with Crippen molar-refractivity contribution in [3.8, 4) is 0 Å². The number of rotatable bonds is 13. The van der Waals surface area contributed by atoms with Gasteiger partial charge in [-0.3, -0.25) is 4.48 Å². The van der Waals surface area contributed by atoms with E-state index in [4.69, 9.17) is 5.11 Å². The summed E-state index contributed by atoms with van der Waals surface area (Å²) in [6.45, 7) is 4.76. The number of aliphatic imine (C=N–C) groups is 1. The van der Waals surface area contributed by atoms with Crippen molar-refractivity contribution in [2.75, 3.05) is 47.3 Å². The minimum absolute atomic E-state index is 0.0143. The number of amidine groups is 1. The van der Waals surface area contributed by atoms with Crippen LogP contribution in [0.15, 0.2) is 4.99 Å². The predicted octanol–water partition coefficient (Wildman–Crippen LogP) is 2.30. The summed E-state index contributed by atoms with van der Waals surface area (Å²) >= 11 is 0. The Bertz CT molecular complexity index is 600. The fourth-order valence-corrected chi connectivity index (χ4v) is 3.58. The van der Waals surface area contributed by atoms with Gasteiger partial charge in [0.25, 0.3) is 0 Å². The molecule has 2 atom stereocenters. The standard InChI is InChI=1S/C16H28N2O4.C5H11NO2/c1-3-4-5-6-7-8-9-14-17-10-11-18(14,12-15(19)20)13(2)16(21)22;1-6(2,3)4-5(7)8/h13H,3-12H2,1-2H3,(H-,19,20,21,22);4H2,1-3H3/p+2. The summed E-state index contributed by atoms with van der Waals surface area (Å²) in [5.74, 6) is -1.92. The third-order valence-corrected chi connectivity index (χ3v) is 5.19. The summed E-state index contributed by atoms with van der Waals surface area (Å²) in [6, 6.07) is -0.766. The highest BCUT2D eigenvalue weighted by atomic mass is 16.4. The van der Waals surface area contributed by atoms with Crippen LogP contribution in [0.3, 0.4) is 0 Å². The predicted molar refractivity (Wildman–Crippen MR) is 116 cm³/mol. The Hall–Kier alpha value is -2.00. The normalized spacial score (nSPS) is 19.4. The lowest BCUT2D eigenvalue weighted by Gasteiger charge is -2.36. The first-order valence-electron chi connectivity index (χ1n) is 10.7. The van der Waals surface area contributed by atoms with Gasteiger partial charge in [0.2, 0.25) is 0 Å². The maximum atomic E-state index is 11.4. The van der Waals surface area contributed by atoms with Crippen LogP contribution in [0.2, 0.25) is 0 Å². The Morgan fingerprint density at radius 2 is 1.57 bits per heavy atom. The van der Waals surface area contributed by atoms with Crippen LogP contribution in [-0.4, -0.2) is 101 Å². The Kier molecular flexibility index (Phi) is 12.4. The van der Waals surface area contributed by atoms with Crippen LogP contribution in [0, 0.1) is 0 Å². The molecule has 1 rings (SSSR count). The largest absolute Gasteiger partial charge is 0.477 e. The first-order chi connectivity index (χ1) is 13.9. The van der Waals surface area contributed by atoms with Crippen LogP contribution in [0.25, 0.3) is 0 Å². The lowest BCUT2D eigenvalue weighted by atomic mass is 10.1. The average molecular weight is 432 g/mol. The second-order valence-electron chi connectivity index (χ2n) is 8.98. The number of likely N-dealkylation sites (N-methyl/N-ethyl adjacent to an activating group) is 1. The van der Waals surface area contributed by atoms with Crippen LogP contribution in [0.1, 0.15) is 58.8 Å². The zero-order valence-corrected chi connectivity index (χ0v) is 19.3. The van der Waals surface area contributed by atoms with Gasteiger partial charge in [-0.25, -0.2) is 19.4 Å². The van der Waals surface area contributed by atoms with E-state index in [1.165, 1.54) is 25.7 Å². The molecular weight excluding hydrogens is 390 g/mol. The first kappa shape index (κ1) is 28.0. The van der Waals surface area contributed by atoms with Gasteiger partial charge in [-0.15, -0.1) is 0 Å². The molecule has 0 aliphatic carbocycles. The number of carbonyl (C=O) groups is 3. The topological polar surface area (TPSA) is 124 Å². The SMILES string of the molecule is CCCCCCCCC1=NCC[N+]1(CC(=O)O)C(C)C(=O)O.C[N+](C)(C)CC(=O)O. The number of quaternary nitrogens is 2. The van der Waals surface area contributed by atoms with Gasteiger partial charge in [-0.2, -0.15) is 0 Å². The molecule has 0 aromatic heterocycles. The number of aliphatic carboxylic acids is 3. The van der Waals surface area contributed by atoms with Crippen molar-refractivity contribution < 1.29 is 38.7 Å². The fraction of sp³-hybridized carbons (Fsp3) is 0.810. The van der Waals surface area contributed by atoms with Gasteiger partial charge in [0, 0.05) is 6.42 Å². The van der Waals surface area contributed by atoms with Gasteiger partial charge in [-0.05, 0) is 13.3 Å². The summed E-state index contributed by atoms with van der Waals surface area (Å²) in [6.07, 6.45) is 7.61. The van der Waals surface area contributed by atoms with Gasteiger partial charge in [0.1, 0.15) is 6.54 Å². The summed E-state index contributed by atoms with van der Waals surface area (Å²) in [4.78, 5) is 37.1. The molecule has 9 heteroatoms. The monoisotopic (exact) mass is 431 g/mol. The van der Waals surface area contributed by atoms with E-state index in [0.717, 1.165) is 18.7 Å². The summed E-state index contributed by atoms with van der Waals surface area (Å²) in [5, 5.41) is 26.8. The van der Waals surface area contributed by atoms with Crippen LogP contribution in [-0.2, 0) is 14.4 Å². The van der Waals surface area contributed by atoms with Crippen LogP contribution >= 0.6 is 0 Å². The highest BCUT2D eigenvalue weighted by Gasteiger charge is 2.47. The third kappa shape index (κ3) is 10.7. The van der Waals surface area contributed by atoms with E-state index in [0.29, 0.717) is 24.0 Å². The molecular formula is C21H41N3O6+2. The van der Waals surface area contributed by atoms with Gasteiger partial charge >= 0.3 is 17.9 Å². The second-order valence-corrected chi connectivity index (χ2v) is 8.98. The Labute approximate surface area is 180 Å². The number of nitrogens with zero attached hydrogens (tertiary/aromatic N) is 3. The van der Waals surface area contributed by atoms with Crippen molar-refractivity contribution in [3.05, 3.63) is 0 Å². The Morgan fingerprint density at radius 1 is 1.00 bits per heavy atom. The number of carboxylic acids is 3. The third-order valence-electron chi connectivity index (χ3n) is 5.19. The molecule has 0 radical (unpaired) electrons. The maximum Gasteiger partial charge on any atom is 0.362 e. The van der Waals surface area contributed by atoms with E-state index in [1.807, 2.05) is 21.1 Å². The van der Waals surface area contributed by atoms with Crippen molar-refractivity contribution in [1.82, 2.24) is 0 Å². The summed E-state index contributed by atoms with van der Waals surface area (Å²) in [7, 11) is 5.52. The lowest BCUT2D eigenvalue weighted by molar-refractivity contribution is -0.862. The van der Waals surface area contributed by atoms with Crippen molar-refractivity contribution >= 4 is 23.7 Å². The minimum atomic E-state index is -0.967. The number of hydrogen-bond donors (Lipinski definition) is 3. The zero-order chi connectivity index (χ0) is 23.4. The maximum absolute atomic E-state index is 11.4. The minimum Gasteiger partial charge on any atom is -0.477 e. The molecule has 0 fully saturated rings. The molecule has 1 aliphatic rings. The molecule has 2 unspecified atom stereocenters. The molecule has 0 bridgehead atoms. The zero-order valence-electron chi connectivity index (χ0n) is 19.3. The first-order valence-corrected chi connectivity index (χ1v) is 10.7. The average Bonchev–Trinajstić information content (AvgIpc) is 2.98. The van der Waals surface area contributed by atoms with Crippen LogP contribution < -0.4 is 0 Å². The van der Waals surface area contributed by atoms with E-state index < -0.39 is 23.9 Å². The Balaban J connectivity index is 0.000000890. The quantitative estimate of drug-likeness (QED) is 0.304. The molecule has 174 valence electrons. The smallest absolute Gasteiger partial charge is 0.362 e. The van der Waals surface area contributed by atoms with Gasteiger partial charge in [0.05, 0.1) is 27.7 Å². The van der Waals surface area contributed by atoms with Crippen LogP contribution in [0.5, 0.6) is 0 Å². The van der Waals surface area contributed by atoms with Gasteiger partial charge < -0.3 is 19.8 Å². The van der Waals surface area contributed by atoms with Gasteiger partial charge in [0.15, 0.2) is 25.0 Å². The van der Waals surface area contributed by atoms with E-state index in [-0.39, 0.29) is 17.6 Å². The molecule has 1 aliphatic heterocycles. The van der Waals surface area contributed by atoms with Crippen molar-refractivity contribution in [2.24, 2.45) is 4.99 Å². The molecule has 0 amide bonds. The van der Waals surface area contributed by atoms with E-state index in [2.05, 4.69) is 11.9 Å². The lowest BCUT2D eigenvalue weighted by Crippen LogP contribution is -2.61. The van der Waals surface area contributed by atoms with Crippen molar-refractivity contribution in [3.63, 3.8) is 0 Å². The second kappa shape index (κ2) is 13.3. The molecule has 30 heavy (non-hydrogen) atoms. The van der Waals surface area contributed by atoms with Gasteiger partial charge in [-0.1, -0.05) is 39.0 Å². The van der Waals surface area contributed by atoms with E-state index in [9.17, 15) is 24.6 Å². The number of unbranched alkanes of at least 4 members (excludes halogenated alkanes) is 5. The molecule has 3 N–H and O–H groups in total. The van der Waals surface area contributed by atoms with Crippen molar-refractivity contribution in [2.45, 2.75) is 64.8 Å². The summed E-state index contributed by atoms with van der Waals surface area (Å²) < 4.78 is 0.467. The molecule has 0 aromatic carbocycles. The number of hydrogen-bond acceptors (Lipinski definition) is 4. The Morgan fingerprint density at radius 3 is 2.00 bits per heavy atom. The molecule has 0 spiro atoms. The molecule has 1 heterocycles. The van der Waals surface area contributed by atoms with E-state index in [1.54, 1.807) is 6.92 Å². The molecule has 0 saturated carbocycles. The molecule has 9 nitrogen and oxygen atoms in total. The molecule has 0 saturated heterocycles. The highest BCUT2D eigenvalue weighted by molar-refractivity contribution is 5.83. The number of carboxylic acid groups (broad SMARTS) is 3. The van der Waals surface area contributed by atoms with Crippen LogP contribution in [0.4, 0.5) is 0 Å².